The van der Waals surface area contributed by atoms with Crippen LogP contribution in [0.2, 0.25) is 0 Å². The number of fused-ring (bicyclic) bond motifs is 1. The Kier molecular flexibility index (Phi) is 6.79. The van der Waals surface area contributed by atoms with E-state index >= 15 is 0 Å². The average molecular weight is 422 g/mol. The minimum Gasteiger partial charge on any atom is -0.298 e. The van der Waals surface area contributed by atoms with Crippen LogP contribution in [-0.2, 0) is 18.5 Å². The maximum atomic E-state index is 2.39. The number of thiophene rings is 1. The van der Waals surface area contributed by atoms with E-state index in [9.17, 15) is 0 Å². The summed E-state index contributed by atoms with van der Waals surface area (Å²) >= 11 is 1.84. The first-order valence-corrected chi connectivity index (χ1v) is 10.7. The predicted molar refractivity (Wildman–Crippen MR) is 129 cm³/mol. The van der Waals surface area contributed by atoms with E-state index in [1.54, 1.807) is 0 Å². The van der Waals surface area contributed by atoms with Gasteiger partial charge in [0.05, 0.1) is 0 Å². The second-order valence-corrected chi connectivity index (χ2v) is 9.03. The Morgan fingerprint density at radius 3 is 2.17 bits per heavy atom. The molecule has 0 aliphatic carbocycles. The number of nitrogens with zero attached hydrogens (tertiary/aromatic N) is 1. The molecule has 4 rings (SSSR count). The van der Waals surface area contributed by atoms with Crippen LogP contribution in [0.25, 0.3) is 10.1 Å². The molecule has 0 spiro atoms. The highest BCUT2D eigenvalue weighted by Crippen LogP contribution is 2.31. The summed E-state index contributed by atoms with van der Waals surface area (Å²) in [6, 6.07) is 28.7. The summed E-state index contributed by atoms with van der Waals surface area (Å²) in [5.74, 6) is 0. The molecular weight excluding hydrogens is 394 g/mol. The van der Waals surface area contributed by atoms with Gasteiger partial charge in [0, 0.05) is 23.2 Å². The number of halogens is 1. The standard InChI is InChI=1S/C26H27NS.ClH/c1-26(2,23-10-5-4-6-11-23)24-14-12-20(13-15-24)18-27(3)19-22-9-7-8-21-16-17-28-25(21)22;/h4-17H,18-19H2,1-3H3;1H. The van der Waals surface area contributed by atoms with Crippen LogP contribution in [0.3, 0.4) is 0 Å². The molecule has 1 aromatic heterocycles. The molecule has 0 fully saturated rings. The molecule has 29 heavy (non-hydrogen) atoms. The average Bonchev–Trinajstić information content (AvgIpc) is 3.19. The molecule has 0 aliphatic heterocycles. The zero-order valence-electron chi connectivity index (χ0n) is 17.3. The summed E-state index contributed by atoms with van der Waals surface area (Å²) < 4.78 is 1.41. The van der Waals surface area contributed by atoms with Crippen molar-refractivity contribution in [2.45, 2.75) is 32.4 Å². The van der Waals surface area contributed by atoms with Gasteiger partial charge in [-0.05, 0) is 46.1 Å². The maximum absolute atomic E-state index is 2.39. The lowest BCUT2D eigenvalue weighted by Gasteiger charge is -2.26. The lowest BCUT2D eigenvalue weighted by atomic mass is 9.78. The largest absolute Gasteiger partial charge is 0.298 e. The second kappa shape index (κ2) is 9.13. The van der Waals surface area contributed by atoms with Gasteiger partial charge in [-0.15, -0.1) is 23.7 Å². The number of benzene rings is 3. The molecule has 0 saturated heterocycles. The number of hydrogen-bond donors (Lipinski definition) is 0. The van der Waals surface area contributed by atoms with Crippen LogP contribution in [0.1, 0.15) is 36.1 Å². The molecule has 0 amide bonds. The third kappa shape index (κ3) is 4.72. The van der Waals surface area contributed by atoms with Crippen LogP contribution in [0.5, 0.6) is 0 Å². The molecule has 1 heterocycles. The van der Waals surface area contributed by atoms with E-state index in [1.807, 2.05) is 11.3 Å². The first kappa shape index (κ1) is 21.6. The van der Waals surface area contributed by atoms with Crippen molar-refractivity contribution in [3.63, 3.8) is 0 Å². The van der Waals surface area contributed by atoms with Gasteiger partial charge in [0.15, 0.2) is 0 Å². The molecule has 150 valence electrons. The van der Waals surface area contributed by atoms with Gasteiger partial charge in [0.1, 0.15) is 0 Å². The van der Waals surface area contributed by atoms with Gasteiger partial charge >= 0.3 is 0 Å². The molecule has 0 unspecified atom stereocenters. The van der Waals surface area contributed by atoms with Crippen molar-refractivity contribution < 1.29 is 0 Å². The van der Waals surface area contributed by atoms with Crippen molar-refractivity contribution in [2.24, 2.45) is 0 Å². The lowest BCUT2D eigenvalue weighted by molar-refractivity contribution is 0.320. The van der Waals surface area contributed by atoms with E-state index in [0.29, 0.717) is 0 Å². The van der Waals surface area contributed by atoms with Crippen LogP contribution in [0.4, 0.5) is 0 Å². The smallest absolute Gasteiger partial charge is 0.0387 e. The van der Waals surface area contributed by atoms with Gasteiger partial charge in [-0.2, -0.15) is 0 Å². The van der Waals surface area contributed by atoms with E-state index in [2.05, 4.69) is 110 Å². The molecule has 1 nitrogen and oxygen atoms in total. The van der Waals surface area contributed by atoms with Gasteiger partial charge in [0.25, 0.3) is 0 Å². The SMILES string of the molecule is CN(Cc1ccc(C(C)(C)c2ccccc2)cc1)Cc1cccc2ccsc12.Cl. The minimum atomic E-state index is 0. The zero-order valence-corrected chi connectivity index (χ0v) is 18.9. The monoisotopic (exact) mass is 421 g/mol. The topological polar surface area (TPSA) is 3.24 Å². The van der Waals surface area contributed by atoms with Crippen molar-refractivity contribution in [3.05, 3.63) is 106 Å². The van der Waals surface area contributed by atoms with Crippen LogP contribution in [0, 0.1) is 0 Å². The van der Waals surface area contributed by atoms with E-state index in [-0.39, 0.29) is 17.8 Å². The maximum Gasteiger partial charge on any atom is 0.0387 e. The molecule has 0 atom stereocenters. The molecule has 3 heteroatoms. The van der Waals surface area contributed by atoms with Crippen molar-refractivity contribution in [3.8, 4) is 0 Å². The summed E-state index contributed by atoms with van der Waals surface area (Å²) in [4.78, 5) is 2.39. The highest BCUT2D eigenvalue weighted by molar-refractivity contribution is 7.17. The quantitative estimate of drug-likeness (QED) is 0.316. The van der Waals surface area contributed by atoms with Gasteiger partial charge < -0.3 is 0 Å². The third-order valence-corrected chi connectivity index (χ3v) is 6.63. The molecule has 4 aromatic rings. The molecule has 3 aromatic carbocycles. The van der Waals surface area contributed by atoms with Crippen LogP contribution in [0.15, 0.2) is 84.2 Å². The summed E-state index contributed by atoms with van der Waals surface area (Å²) in [6.45, 7) is 6.51. The molecular formula is C26H28ClNS. The fourth-order valence-corrected chi connectivity index (χ4v) is 4.79. The van der Waals surface area contributed by atoms with E-state index in [4.69, 9.17) is 0 Å². The summed E-state index contributed by atoms with van der Waals surface area (Å²) in [6.07, 6.45) is 0. The van der Waals surface area contributed by atoms with Gasteiger partial charge in [-0.1, -0.05) is 86.6 Å². The zero-order chi connectivity index (χ0) is 19.6. The van der Waals surface area contributed by atoms with Crippen molar-refractivity contribution in [1.29, 1.82) is 0 Å². The first-order chi connectivity index (χ1) is 13.5. The van der Waals surface area contributed by atoms with E-state index in [0.717, 1.165) is 13.1 Å². The third-order valence-electron chi connectivity index (χ3n) is 5.62. The number of rotatable bonds is 6. The van der Waals surface area contributed by atoms with E-state index < -0.39 is 0 Å². The van der Waals surface area contributed by atoms with Crippen LogP contribution in [-0.4, -0.2) is 11.9 Å². The Hall–Kier alpha value is -2.13. The highest BCUT2D eigenvalue weighted by atomic mass is 35.5. The summed E-state index contributed by atoms with van der Waals surface area (Å²) in [5.41, 5.74) is 5.49. The van der Waals surface area contributed by atoms with Gasteiger partial charge in [-0.25, -0.2) is 0 Å². The van der Waals surface area contributed by atoms with Crippen molar-refractivity contribution in [1.82, 2.24) is 4.90 Å². The van der Waals surface area contributed by atoms with Crippen molar-refractivity contribution in [2.75, 3.05) is 7.05 Å². The molecule has 0 N–H and O–H groups in total. The molecule has 0 radical (unpaired) electrons. The Labute approximate surface area is 184 Å². The lowest BCUT2D eigenvalue weighted by Crippen LogP contribution is -2.19. The van der Waals surface area contributed by atoms with Crippen molar-refractivity contribution >= 4 is 33.8 Å². The first-order valence-electron chi connectivity index (χ1n) is 9.82. The molecule has 0 saturated carbocycles. The molecule has 0 bridgehead atoms. The Balaban J connectivity index is 0.00000240. The second-order valence-electron chi connectivity index (χ2n) is 8.12. The summed E-state index contributed by atoms with van der Waals surface area (Å²) in [5, 5.41) is 3.53. The van der Waals surface area contributed by atoms with E-state index in [1.165, 1.54) is 32.3 Å². The fraction of sp³-hybridized carbons (Fsp3) is 0.231. The minimum absolute atomic E-state index is 0. The fourth-order valence-electron chi connectivity index (χ4n) is 3.89. The number of hydrogen-bond acceptors (Lipinski definition) is 2. The molecule has 0 aliphatic rings. The predicted octanol–water partition coefficient (Wildman–Crippen LogP) is 7.28. The highest BCUT2D eigenvalue weighted by Gasteiger charge is 2.22. The summed E-state index contributed by atoms with van der Waals surface area (Å²) in [7, 11) is 2.20. The normalized spacial score (nSPS) is 11.6. The van der Waals surface area contributed by atoms with Gasteiger partial charge in [0.2, 0.25) is 0 Å². The van der Waals surface area contributed by atoms with Crippen LogP contribution < -0.4 is 0 Å². The Morgan fingerprint density at radius 1 is 0.759 bits per heavy atom. The van der Waals surface area contributed by atoms with Gasteiger partial charge in [-0.3, -0.25) is 4.90 Å². The Bertz CT molecular complexity index is 1050. The van der Waals surface area contributed by atoms with Crippen LogP contribution >= 0.6 is 23.7 Å². The Morgan fingerprint density at radius 2 is 1.45 bits per heavy atom.